The molecule has 0 amide bonds. The maximum absolute atomic E-state index is 3.71. The largest absolute Gasteiger partial charge is 0.313 e. The second kappa shape index (κ2) is 6.90. The number of hydrogen-bond acceptors (Lipinski definition) is 2. The van der Waals surface area contributed by atoms with E-state index in [0.717, 1.165) is 17.2 Å². The number of hydrogen-bond donors (Lipinski definition) is 1. The molecule has 2 fully saturated rings. The maximum atomic E-state index is 3.71. The Labute approximate surface area is 105 Å². The predicted octanol–water partition coefficient (Wildman–Crippen LogP) is 3.83. The van der Waals surface area contributed by atoms with Gasteiger partial charge in [0.1, 0.15) is 0 Å². The summed E-state index contributed by atoms with van der Waals surface area (Å²) in [6.45, 7) is 3.66. The molecule has 2 unspecified atom stereocenters. The van der Waals surface area contributed by atoms with E-state index in [4.69, 9.17) is 0 Å². The number of thioether (sulfide) groups is 1. The third-order valence-corrected chi connectivity index (χ3v) is 5.47. The Kier molecular flexibility index (Phi) is 5.51. The highest BCUT2D eigenvalue weighted by Gasteiger charge is 2.19. The summed E-state index contributed by atoms with van der Waals surface area (Å²) >= 11 is 2.22. The van der Waals surface area contributed by atoms with Crippen LogP contribution in [-0.4, -0.2) is 23.6 Å². The first-order valence-corrected chi connectivity index (χ1v) is 8.24. The van der Waals surface area contributed by atoms with E-state index in [0.29, 0.717) is 0 Å². The topological polar surface area (TPSA) is 12.0 Å². The fourth-order valence-electron chi connectivity index (χ4n) is 3.15. The van der Waals surface area contributed by atoms with Crippen molar-refractivity contribution < 1.29 is 0 Å². The first-order chi connectivity index (χ1) is 7.84. The van der Waals surface area contributed by atoms with E-state index in [9.17, 15) is 0 Å². The molecule has 0 radical (unpaired) electrons. The molecule has 2 saturated carbocycles. The number of nitrogens with one attached hydrogen (secondary N) is 1. The highest BCUT2D eigenvalue weighted by molar-refractivity contribution is 7.99. The molecule has 0 heterocycles. The van der Waals surface area contributed by atoms with Gasteiger partial charge in [0.05, 0.1) is 0 Å². The Morgan fingerprint density at radius 2 is 1.88 bits per heavy atom. The van der Waals surface area contributed by atoms with Gasteiger partial charge in [-0.25, -0.2) is 0 Å². The molecule has 1 nitrogen and oxygen atoms in total. The molecule has 2 atom stereocenters. The summed E-state index contributed by atoms with van der Waals surface area (Å²) in [4.78, 5) is 0. The fourth-order valence-corrected chi connectivity index (χ4v) is 4.52. The first-order valence-electron chi connectivity index (χ1n) is 7.19. The van der Waals surface area contributed by atoms with Crippen LogP contribution in [0.25, 0.3) is 0 Å². The van der Waals surface area contributed by atoms with E-state index in [1.807, 2.05) is 0 Å². The van der Waals surface area contributed by atoms with Gasteiger partial charge in [-0.05, 0) is 31.6 Å². The van der Waals surface area contributed by atoms with Crippen LogP contribution in [-0.2, 0) is 0 Å². The van der Waals surface area contributed by atoms with Gasteiger partial charge in [0.15, 0.2) is 0 Å². The van der Waals surface area contributed by atoms with Crippen LogP contribution >= 0.6 is 11.8 Å². The lowest BCUT2D eigenvalue weighted by molar-refractivity contribution is 0.394. The fraction of sp³-hybridized carbons (Fsp3) is 1.00. The Hall–Kier alpha value is 0.310. The normalized spacial score (nSPS) is 32.1. The third-order valence-electron chi connectivity index (χ3n) is 4.13. The zero-order chi connectivity index (χ0) is 11.2. The highest BCUT2D eigenvalue weighted by Crippen LogP contribution is 2.31. The van der Waals surface area contributed by atoms with Crippen LogP contribution in [0.4, 0.5) is 0 Å². The van der Waals surface area contributed by atoms with Gasteiger partial charge in [0.2, 0.25) is 0 Å². The monoisotopic (exact) mass is 241 g/mol. The molecule has 94 valence electrons. The minimum absolute atomic E-state index is 0.853. The zero-order valence-electron chi connectivity index (χ0n) is 10.7. The van der Waals surface area contributed by atoms with Crippen molar-refractivity contribution in [2.45, 2.75) is 69.6 Å². The van der Waals surface area contributed by atoms with Crippen LogP contribution in [0.2, 0.25) is 0 Å². The molecule has 2 aliphatic carbocycles. The molecule has 16 heavy (non-hydrogen) atoms. The van der Waals surface area contributed by atoms with Gasteiger partial charge >= 0.3 is 0 Å². The molecule has 0 aromatic heterocycles. The Morgan fingerprint density at radius 1 is 1.06 bits per heavy atom. The van der Waals surface area contributed by atoms with Crippen molar-refractivity contribution in [3.63, 3.8) is 0 Å². The van der Waals surface area contributed by atoms with E-state index in [1.165, 1.54) is 63.7 Å². The summed E-state index contributed by atoms with van der Waals surface area (Å²) in [6, 6.07) is 0.853. The minimum Gasteiger partial charge on any atom is -0.313 e. The van der Waals surface area contributed by atoms with Crippen molar-refractivity contribution in [2.75, 3.05) is 12.3 Å². The SMILES string of the molecule is CC1CCCC(SCCNC2CCCC2)C1. The zero-order valence-corrected chi connectivity index (χ0v) is 11.5. The van der Waals surface area contributed by atoms with Crippen molar-refractivity contribution in [3.05, 3.63) is 0 Å². The van der Waals surface area contributed by atoms with Crippen molar-refractivity contribution in [2.24, 2.45) is 5.92 Å². The Bertz CT molecular complexity index is 189. The molecule has 0 bridgehead atoms. The van der Waals surface area contributed by atoms with Crippen LogP contribution in [0, 0.1) is 5.92 Å². The molecule has 1 N–H and O–H groups in total. The van der Waals surface area contributed by atoms with Gasteiger partial charge in [-0.15, -0.1) is 0 Å². The van der Waals surface area contributed by atoms with Crippen LogP contribution in [0.5, 0.6) is 0 Å². The molecular weight excluding hydrogens is 214 g/mol. The molecule has 0 aliphatic heterocycles. The Balaban J connectivity index is 1.50. The lowest BCUT2D eigenvalue weighted by Gasteiger charge is -2.26. The summed E-state index contributed by atoms with van der Waals surface area (Å²) in [7, 11) is 0. The van der Waals surface area contributed by atoms with Gasteiger partial charge in [0, 0.05) is 23.6 Å². The van der Waals surface area contributed by atoms with Crippen LogP contribution < -0.4 is 5.32 Å². The predicted molar refractivity (Wildman–Crippen MR) is 74.1 cm³/mol. The third kappa shape index (κ3) is 4.29. The highest BCUT2D eigenvalue weighted by atomic mass is 32.2. The summed E-state index contributed by atoms with van der Waals surface area (Å²) in [5.41, 5.74) is 0. The van der Waals surface area contributed by atoms with Crippen molar-refractivity contribution in [1.82, 2.24) is 5.32 Å². The molecule has 2 rings (SSSR count). The molecular formula is C14H27NS. The van der Waals surface area contributed by atoms with Crippen molar-refractivity contribution in [3.8, 4) is 0 Å². The van der Waals surface area contributed by atoms with E-state index in [1.54, 1.807) is 0 Å². The van der Waals surface area contributed by atoms with Crippen LogP contribution in [0.1, 0.15) is 58.3 Å². The molecule has 2 heteroatoms. The lowest BCUT2D eigenvalue weighted by Crippen LogP contribution is -2.28. The summed E-state index contributed by atoms with van der Waals surface area (Å²) in [5.74, 6) is 2.31. The maximum Gasteiger partial charge on any atom is 0.00673 e. The smallest absolute Gasteiger partial charge is 0.00673 e. The van der Waals surface area contributed by atoms with Crippen LogP contribution in [0.3, 0.4) is 0 Å². The Morgan fingerprint density at radius 3 is 2.62 bits per heavy atom. The van der Waals surface area contributed by atoms with E-state index in [2.05, 4.69) is 24.0 Å². The first kappa shape index (κ1) is 12.8. The van der Waals surface area contributed by atoms with Gasteiger partial charge < -0.3 is 5.32 Å². The average molecular weight is 241 g/mol. The second-order valence-electron chi connectivity index (χ2n) is 5.70. The van der Waals surface area contributed by atoms with Gasteiger partial charge in [-0.2, -0.15) is 11.8 Å². The standard InChI is InChI=1S/C14H27NS/c1-12-5-4-8-14(11-12)16-10-9-15-13-6-2-3-7-13/h12-15H,2-11H2,1H3. The van der Waals surface area contributed by atoms with Crippen molar-refractivity contribution in [1.29, 1.82) is 0 Å². The molecule has 2 aliphatic rings. The summed E-state index contributed by atoms with van der Waals surface area (Å²) < 4.78 is 0. The summed E-state index contributed by atoms with van der Waals surface area (Å²) in [6.07, 6.45) is 11.6. The summed E-state index contributed by atoms with van der Waals surface area (Å²) in [5, 5.41) is 4.68. The van der Waals surface area contributed by atoms with Gasteiger partial charge in [-0.1, -0.05) is 32.6 Å². The average Bonchev–Trinajstić information content (AvgIpc) is 2.77. The quantitative estimate of drug-likeness (QED) is 0.734. The lowest BCUT2D eigenvalue weighted by atomic mass is 9.91. The van der Waals surface area contributed by atoms with E-state index >= 15 is 0 Å². The molecule has 0 saturated heterocycles. The minimum atomic E-state index is 0.853. The van der Waals surface area contributed by atoms with Crippen molar-refractivity contribution >= 4 is 11.8 Å². The number of rotatable bonds is 5. The van der Waals surface area contributed by atoms with E-state index < -0.39 is 0 Å². The van der Waals surface area contributed by atoms with Gasteiger partial charge in [0.25, 0.3) is 0 Å². The molecule has 0 aromatic rings. The molecule has 0 aromatic carbocycles. The van der Waals surface area contributed by atoms with Gasteiger partial charge in [-0.3, -0.25) is 0 Å². The second-order valence-corrected chi connectivity index (χ2v) is 7.11. The van der Waals surface area contributed by atoms with E-state index in [-0.39, 0.29) is 0 Å². The molecule has 0 spiro atoms. The van der Waals surface area contributed by atoms with Crippen LogP contribution in [0.15, 0.2) is 0 Å².